The molecule has 0 spiro atoms. The highest BCUT2D eigenvalue weighted by molar-refractivity contribution is 7.85. The number of ether oxygens (including phenoxy) is 1. The number of carbonyl (C=O) groups is 1. The van der Waals surface area contributed by atoms with Crippen LogP contribution in [0.5, 0.6) is 0 Å². The molecule has 0 radical (unpaired) electrons. The fourth-order valence-electron chi connectivity index (χ4n) is 1.50. The first kappa shape index (κ1) is 14.4. The summed E-state index contributed by atoms with van der Waals surface area (Å²) in [6.07, 6.45) is 0.773. The van der Waals surface area contributed by atoms with Crippen LogP contribution in [-0.4, -0.2) is 27.2 Å². The molecule has 1 saturated carbocycles. The van der Waals surface area contributed by atoms with Crippen LogP contribution in [0.3, 0.4) is 0 Å². The molecule has 1 aliphatic rings. The Balaban J connectivity index is 2.57. The Morgan fingerprint density at radius 3 is 2.47 bits per heavy atom. The van der Waals surface area contributed by atoms with E-state index >= 15 is 0 Å². The molecular weight excluding hydrogens is 238 g/mol. The van der Waals surface area contributed by atoms with Crippen molar-refractivity contribution in [3.8, 4) is 0 Å². The van der Waals surface area contributed by atoms with E-state index in [-0.39, 0.29) is 22.6 Å². The number of carbonyl (C=O) groups excluding carboxylic acids is 1. The first-order chi connectivity index (χ1) is 7.77. The summed E-state index contributed by atoms with van der Waals surface area (Å²) in [7, 11) is -1.24. The summed E-state index contributed by atoms with van der Waals surface area (Å²) in [6, 6.07) is 0. The van der Waals surface area contributed by atoms with Crippen molar-refractivity contribution in [1.82, 2.24) is 0 Å². The van der Waals surface area contributed by atoms with Gasteiger partial charge in [-0.3, -0.25) is 4.79 Å². The van der Waals surface area contributed by atoms with E-state index in [1.54, 1.807) is 6.92 Å². The normalized spacial score (nSPS) is 26.5. The van der Waals surface area contributed by atoms with E-state index < -0.39 is 11.0 Å². The topological polar surface area (TPSA) is 55.7 Å². The molecule has 17 heavy (non-hydrogen) atoms. The van der Waals surface area contributed by atoms with E-state index in [0.717, 1.165) is 12.1 Å². The predicted octanol–water partition coefficient (Wildman–Crippen LogP) is 2.11. The molecule has 5 heteroatoms. The van der Waals surface area contributed by atoms with Crippen LogP contribution in [0.25, 0.3) is 0 Å². The van der Waals surface area contributed by atoms with Crippen LogP contribution in [0, 0.1) is 11.8 Å². The number of nitrogens with zero attached hydrogens (tertiary/aromatic N) is 1. The lowest BCUT2D eigenvalue weighted by Crippen LogP contribution is -2.21. The Bertz CT molecular complexity index is 357. The fourth-order valence-corrected chi connectivity index (χ4v) is 2.17. The number of hydrogen-bond donors (Lipinski definition) is 0. The molecule has 3 atom stereocenters. The third-order valence-electron chi connectivity index (χ3n) is 2.67. The van der Waals surface area contributed by atoms with Crippen LogP contribution in [-0.2, 0) is 20.5 Å². The van der Waals surface area contributed by atoms with Gasteiger partial charge >= 0.3 is 5.97 Å². The highest BCUT2D eigenvalue weighted by atomic mass is 32.2. The van der Waals surface area contributed by atoms with E-state index in [0.29, 0.717) is 6.61 Å². The fraction of sp³-hybridized carbons (Fsp3) is 0.833. The van der Waals surface area contributed by atoms with Gasteiger partial charge in [-0.2, -0.15) is 4.40 Å². The van der Waals surface area contributed by atoms with Crippen LogP contribution >= 0.6 is 0 Å². The van der Waals surface area contributed by atoms with Gasteiger partial charge in [0.05, 0.1) is 17.3 Å². The van der Waals surface area contributed by atoms with Gasteiger partial charge in [-0.15, -0.1) is 0 Å². The SMILES string of the molecule is CCOC(=O)[C@@H]1C[C@H]1C(C)=N[S@](=O)C(C)(C)C. The molecule has 98 valence electrons. The van der Waals surface area contributed by atoms with Crippen LogP contribution in [0.4, 0.5) is 0 Å². The highest BCUT2D eigenvalue weighted by Gasteiger charge is 2.46. The molecule has 0 bridgehead atoms. The maximum Gasteiger partial charge on any atom is 0.309 e. The van der Waals surface area contributed by atoms with Crippen LogP contribution < -0.4 is 0 Å². The Kier molecular flexibility index (Phi) is 4.47. The Morgan fingerprint density at radius 1 is 1.41 bits per heavy atom. The molecule has 4 nitrogen and oxygen atoms in total. The average molecular weight is 259 g/mol. The maximum absolute atomic E-state index is 11.8. The van der Waals surface area contributed by atoms with Gasteiger partial charge < -0.3 is 4.74 Å². The lowest BCUT2D eigenvalue weighted by molar-refractivity contribution is -0.144. The minimum Gasteiger partial charge on any atom is -0.466 e. The van der Waals surface area contributed by atoms with Crippen LogP contribution in [0.1, 0.15) is 41.0 Å². The van der Waals surface area contributed by atoms with Gasteiger partial charge in [0, 0.05) is 11.6 Å². The summed E-state index contributed by atoms with van der Waals surface area (Å²) in [4.78, 5) is 11.4. The van der Waals surface area contributed by atoms with Gasteiger partial charge in [0.1, 0.15) is 11.0 Å². The second-order valence-corrected chi connectivity index (χ2v) is 7.20. The Morgan fingerprint density at radius 2 is 2.00 bits per heavy atom. The molecule has 0 N–H and O–H groups in total. The molecule has 0 aromatic heterocycles. The van der Waals surface area contributed by atoms with Gasteiger partial charge in [-0.1, -0.05) is 0 Å². The van der Waals surface area contributed by atoms with Gasteiger partial charge in [0.2, 0.25) is 0 Å². The minimum absolute atomic E-state index is 0.0735. The third-order valence-corrected chi connectivity index (χ3v) is 4.17. The van der Waals surface area contributed by atoms with Crippen molar-refractivity contribution >= 4 is 22.7 Å². The molecular formula is C12H21NO3S. The summed E-state index contributed by atoms with van der Waals surface area (Å²) >= 11 is 0. The zero-order valence-corrected chi connectivity index (χ0v) is 12.0. The Hall–Kier alpha value is -0.710. The quantitative estimate of drug-likeness (QED) is 0.574. The van der Waals surface area contributed by atoms with E-state index in [9.17, 15) is 9.00 Å². The highest BCUT2D eigenvalue weighted by Crippen LogP contribution is 2.41. The molecule has 0 unspecified atom stereocenters. The Labute approximate surface area is 105 Å². The second kappa shape index (κ2) is 5.29. The molecule has 0 aromatic carbocycles. The zero-order chi connectivity index (χ0) is 13.2. The standard InChI is InChI=1S/C12H21NO3S/c1-6-16-11(14)10-7-9(10)8(2)13-17(15)12(3,4)5/h9-10H,6-7H2,1-5H3/t9-,10+,17+/m0/s1. The molecule has 1 fully saturated rings. The van der Waals surface area contributed by atoms with E-state index in [1.165, 1.54) is 0 Å². The van der Waals surface area contributed by atoms with Crippen molar-refractivity contribution in [1.29, 1.82) is 0 Å². The van der Waals surface area contributed by atoms with Gasteiger partial charge in [0.15, 0.2) is 0 Å². The van der Waals surface area contributed by atoms with E-state index in [1.807, 2.05) is 27.7 Å². The molecule has 0 aromatic rings. The summed E-state index contributed by atoms with van der Waals surface area (Å²) < 4.78 is 20.6. The van der Waals surface area contributed by atoms with Crippen molar-refractivity contribution in [3.05, 3.63) is 0 Å². The molecule has 0 aliphatic heterocycles. The largest absolute Gasteiger partial charge is 0.466 e. The predicted molar refractivity (Wildman–Crippen MR) is 69.2 cm³/mol. The average Bonchev–Trinajstić information content (AvgIpc) is 2.95. The van der Waals surface area contributed by atoms with E-state index in [2.05, 4.69) is 4.40 Å². The molecule has 0 heterocycles. The van der Waals surface area contributed by atoms with Gasteiger partial charge in [-0.25, -0.2) is 4.21 Å². The summed E-state index contributed by atoms with van der Waals surface area (Å²) in [6.45, 7) is 9.70. The number of rotatable bonds is 4. The lowest BCUT2D eigenvalue weighted by atomic mass is 10.2. The third kappa shape index (κ3) is 3.91. The summed E-state index contributed by atoms with van der Waals surface area (Å²) in [5, 5.41) is 0. The first-order valence-corrected chi connectivity index (χ1v) is 7.01. The van der Waals surface area contributed by atoms with E-state index in [4.69, 9.17) is 4.74 Å². The van der Waals surface area contributed by atoms with Crippen molar-refractivity contribution in [2.45, 2.75) is 45.8 Å². The molecule has 0 saturated heterocycles. The summed E-state index contributed by atoms with van der Waals surface area (Å²) in [5.41, 5.74) is 0.802. The van der Waals surface area contributed by atoms with Gasteiger partial charge in [-0.05, 0) is 41.0 Å². The smallest absolute Gasteiger partial charge is 0.309 e. The summed E-state index contributed by atoms with van der Waals surface area (Å²) in [5.74, 6) is -0.107. The number of hydrogen-bond acceptors (Lipinski definition) is 3. The molecule has 1 rings (SSSR count). The van der Waals surface area contributed by atoms with Crippen molar-refractivity contribution in [2.75, 3.05) is 6.61 Å². The zero-order valence-electron chi connectivity index (χ0n) is 11.1. The van der Waals surface area contributed by atoms with Crippen molar-refractivity contribution < 1.29 is 13.7 Å². The minimum atomic E-state index is -1.24. The van der Waals surface area contributed by atoms with Crippen LogP contribution in [0.2, 0.25) is 0 Å². The van der Waals surface area contributed by atoms with Crippen molar-refractivity contribution in [2.24, 2.45) is 16.2 Å². The lowest BCUT2D eigenvalue weighted by Gasteiger charge is -2.14. The van der Waals surface area contributed by atoms with Crippen molar-refractivity contribution in [3.63, 3.8) is 0 Å². The number of esters is 1. The first-order valence-electron chi connectivity index (χ1n) is 5.91. The maximum atomic E-state index is 11.8. The van der Waals surface area contributed by atoms with Gasteiger partial charge in [0.25, 0.3) is 0 Å². The molecule has 1 aliphatic carbocycles. The molecule has 0 amide bonds. The second-order valence-electron chi connectivity index (χ2n) is 5.29. The monoisotopic (exact) mass is 259 g/mol. The van der Waals surface area contributed by atoms with Crippen LogP contribution in [0.15, 0.2) is 4.40 Å².